The maximum Gasteiger partial charge on any atom is 0.411 e. The number of H-pyrrole nitrogens is 1. The molecule has 0 saturated carbocycles. The Labute approximate surface area is 242 Å². The lowest BCUT2D eigenvalue weighted by Gasteiger charge is -2.31. The van der Waals surface area contributed by atoms with Gasteiger partial charge in [-0.15, -0.1) is 0 Å². The number of carbonyl (C=O) groups excluding carboxylic acids is 1. The molecule has 41 heavy (non-hydrogen) atoms. The topological polar surface area (TPSA) is 142 Å². The first kappa shape index (κ1) is 28.8. The molecule has 1 amide bonds. The second-order valence-electron chi connectivity index (χ2n) is 10.0. The van der Waals surface area contributed by atoms with Crippen LogP contribution in [0.5, 0.6) is 6.01 Å². The number of aromatic nitrogens is 3. The van der Waals surface area contributed by atoms with E-state index < -0.39 is 24.4 Å². The Bertz CT molecular complexity index is 1480. The number of anilines is 1. The summed E-state index contributed by atoms with van der Waals surface area (Å²) in [5.74, 6) is 0. The Hall–Kier alpha value is -3.74. The zero-order valence-corrected chi connectivity index (χ0v) is 23.5. The number of aliphatic hydroxyl groups is 2. The molecule has 0 spiro atoms. The van der Waals surface area contributed by atoms with Crippen molar-refractivity contribution in [1.82, 2.24) is 19.9 Å². The second kappa shape index (κ2) is 12.8. The van der Waals surface area contributed by atoms with Gasteiger partial charge in [0.2, 0.25) is 0 Å². The Morgan fingerprint density at radius 3 is 2.46 bits per heavy atom. The van der Waals surface area contributed by atoms with Crippen LogP contribution in [0.25, 0.3) is 33.5 Å². The third-order valence-corrected chi connectivity index (χ3v) is 6.98. The Morgan fingerprint density at radius 2 is 1.80 bits per heavy atom. The van der Waals surface area contributed by atoms with Gasteiger partial charge in [-0.1, -0.05) is 48.0 Å². The van der Waals surface area contributed by atoms with Crippen molar-refractivity contribution in [1.29, 1.82) is 0 Å². The minimum Gasteiger partial charge on any atom is -0.459 e. The summed E-state index contributed by atoms with van der Waals surface area (Å²) in [5.41, 5.74) is 5.08. The number of hydrogen-bond donors (Lipinski definition) is 4. The molecule has 0 aliphatic carbocycles. The molecule has 2 aromatic carbocycles. The summed E-state index contributed by atoms with van der Waals surface area (Å²) in [6, 6.07) is 17.3. The fourth-order valence-electron chi connectivity index (χ4n) is 4.44. The molecule has 216 valence electrons. The predicted molar refractivity (Wildman–Crippen MR) is 155 cm³/mol. The number of nitrogens with zero attached hydrogens (tertiary/aromatic N) is 3. The highest BCUT2D eigenvalue weighted by Crippen LogP contribution is 2.32. The molecule has 11 nitrogen and oxygen atoms in total. The van der Waals surface area contributed by atoms with Gasteiger partial charge < -0.3 is 34.3 Å². The lowest BCUT2D eigenvalue weighted by atomic mass is 10.0. The summed E-state index contributed by atoms with van der Waals surface area (Å²) in [6.07, 6.45) is -2.01. The highest BCUT2D eigenvalue weighted by Gasteiger charge is 2.31. The van der Waals surface area contributed by atoms with Crippen molar-refractivity contribution in [2.75, 3.05) is 45.8 Å². The lowest BCUT2D eigenvalue weighted by molar-refractivity contribution is -0.131. The number of halogens is 1. The van der Waals surface area contributed by atoms with Gasteiger partial charge in [-0.25, -0.2) is 9.78 Å². The zero-order valence-electron chi connectivity index (χ0n) is 22.7. The highest BCUT2D eigenvalue weighted by atomic mass is 35.5. The van der Waals surface area contributed by atoms with Gasteiger partial charge in [0.05, 0.1) is 35.6 Å². The number of aliphatic hydroxyl groups excluding tert-OH is 2. The van der Waals surface area contributed by atoms with Crippen molar-refractivity contribution < 1.29 is 29.2 Å². The van der Waals surface area contributed by atoms with E-state index in [9.17, 15) is 15.0 Å². The van der Waals surface area contributed by atoms with Crippen LogP contribution in [-0.2, 0) is 9.47 Å². The number of amides is 1. The first-order valence-corrected chi connectivity index (χ1v) is 13.6. The molecular weight excluding hydrogens is 550 g/mol. The average Bonchev–Trinajstić information content (AvgIpc) is 3.34. The highest BCUT2D eigenvalue weighted by molar-refractivity contribution is 6.33. The summed E-state index contributed by atoms with van der Waals surface area (Å²) in [5, 5.41) is 22.5. The summed E-state index contributed by atoms with van der Waals surface area (Å²) in [7, 11) is 3.83. The number of likely N-dealkylation sites (N-methyl/N-ethyl adjacent to an activating group) is 1. The maximum atomic E-state index is 12.0. The largest absolute Gasteiger partial charge is 0.459 e. The summed E-state index contributed by atoms with van der Waals surface area (Å²) < 4.78 is 16.5. The molecule has 0 radical (unpaired) electrons. The number of pyridine rings is 1. The quantitative estimate of drug-likeness (QED) is 0.231. The van der Waals surface area contributed by atoms with Gasteiger partial charge >= 0.3 is 6.09 Å². The summed E-state index contributed by atoms with van der Waals surface area (Å²) in [6.45, 7) is 0.957. The first-order chi connectivity index (χ1) is 19.8. The van der Waals surface area contributed by atoms with Gasteiger partial charge in [-0.3, -0.25) is 5.32 Å². The average molecular weight is 582 g/mol. The number of ether oxygens (including phenoxy) is 3. The molecule has 5 rings (SSSR count). The Morgan fingerprint density at radius 1 is 1.12 bits per heavy atom. The van der Waals surface area contributed by atoms with E-state index in [4.69, 9.17) is 25.8 Å². The second-order valence-corrected chi connectivity index (χ2v) is 10.5. The van der Waals surface area contributed by atoms with E-state index in [0.717, 1.165) is 16.7 Å². The van der Waals surface area contributed by atoms with Crippen molar-refractivity contribution in [3.8, 4) is 28.4 Å². The van der Waals surface area contributed by atoms with E-state index in [-0.39, 0.29) is 19.2 Å². The van der Waals surface area contributed by atoms with Crippen LogP contribution >= 0.6 is 11.6 Å². The molecule has 4 N–H and O–H groups in total. The number of carbonyl (C=O) groups is 1. The van der Waals surface area contributed by atoms with Crippen molar-refractivity contribution in [3.63, 3.8) is 0 Å². The van der Waals surface area contributed by atoms with Gasteiger partial charge in [-0.2, -0.15) is 4.98 Å². The molecule has 2 aromatic heterocycles. The van der Waals surface area contributed by atoms with E-state index in [1.165, 1.54) is 0 Å². The number of fused-ring (bicyclic) bond motifs is 1. The van der Waals surface area contributed by atoms with Gasteiger partial charge in [0.1, 0.15) is 18.8 Å². The molecule has 0 bridgehead atoms. The van der Waals surface area contributed by atoms with Gasteiger partial charge in [0, 0.05) is 24.2 Å². The number of benzene rings is 2. The fraction of sp³-hybridized carbons (Fsp3) is 0.345. The van der Waals surface area contributed by atoms with E-state index >= 15 is 0 Å². The van der Waals surface area contributed by atoms with Gasteiger partial charge in [0.25, 0.3) is 6.01 Å². The number of imidazole rings is 1. The van der Waals surface area contributed by atoms with Crippen molar-refractivity contribution in [3.05, 3.63) is 59.6 Å². The van der Waals surface area contributed by atoms with Crippen LogP contribution in [0.3, 0.4) is 0 Å². The molecule has 0 unspecified atom stereocenters. The molecule has 1 saturated heterocycles. The van der Waals surface area contributed by atoms with Crippen LogP contribution in [0.15, 0.2) is 54.6 Å². The standard InChI is InChI=1S/C29H32ClN5O6/c1-35(2)11-12-39-29(38)31-20-9-7-18(8-10-20)17-3-5-19(6-4-17)26-22(30)14-23-27(33-26)34-28(32-23)41-21-13-24(37)25(15-36)40-16-21/h3-10,14,21,24-25,36-37H,11-13,15-16H2,1-2H3,(H,31,38)(H,32,33,34)/t21-,24+,25-/m1/s1. The molecule has 4 aromatic rings. The lowest BCUT2D eigenvalue weighted by Crippen LogP contribution is -2.45. The van der Waals surface area contributed by atoms with Crippen molar-refractivity contribution >= 4 is 34.5 Å². The normalized spacial score (nSPS) is 18.9. The first-order valence-electron chi connectivity index (χ1n) is 13.2. The molecule has 1 fully saturated rings. The van der Waals surface area contributed by atoms with E-state index in [1.54, 1.807) is 6.07 Å². The molecule has 1 aliphatic heterocycles. The third kappa shape index (κ3) is 7.13. The number of nitrogens with one attached hydrogen (secondary N) is 2. The Kier molecular flexibility index (Phi) is 9.01. The molecule has 3 heterocycles. The van der Waals surface area contributed by atoms with E-state index in [0.29, 0.717) is 47.1 Å². The number of aromatic amines is 1. The SMILES string of the molecule is CN(C)CCOC(=O)Nc1ccc(-c2ccc(-c3nc4nc(O[C@H]5CO[C@H](CO)[C@@H](O)C5)[nH]c4cc3Cl)cc2)cc1. The molecule has 1 aliphatic rings. The van der Waals surface area contributed by atoms with E-state index in [1.807, 2.05) is 67.5 Å². The number of hydrogen-bond acceptors (Lipinski definition) is 9. The monoisotopic (exact) mass is 581 g/mol. The van der Waals surface area contributed by atoms with Crippen LogP contribution in [-0.4, -0.2) is 94.9 Å². The minimum atomic E-state index is -0.818. The van der Waals surface area contributed by atoms with Crippen LogP contribution in [0, 0.1) is 0 Å². The van der Waals surface area contributed by atoms with Crippen LogP contribution in [0.4, 0.5) is 10.5 Å². The third-order valence-electron chi connectivity index (χ3n) is 6.69. The van der Waals surface area contributed by atoms with Gasteiger partial charge in [0.15, 0.2) is 5.65 Å². The summed E-state index contributed by atoms with van der Waals surface area (Å²) >= 11 is 6.58. The zero-order chi connectivity index (χ0) is 28.9. The Balaban J connectivity index is 1.24. The molecular formula is C29H32ClN5O6. The summed E-state index contributed by atoms with van der Waals surface area (Å²) in [4.78, 5) is 26.0. The number of rotatable bonds is 9. The smallest absolute Gasteiger partial charge is 0.411 e. The van der Waals surface area contributed by atoms with E-state index in [2.05, 4.69) is 20.3 Å². The molecule has 12 heteroatoms. The predicted octanol–water partition coefficient (Wildman–Crippen LogP) is 3.94. The fourth-order valence-corrected chi connectivity index (χ4v) is 4.70. The minimum absolute atomic E-state index is 0.230. The van der Waals surface area contributed by atoms with Crippen LogP contribution in [0.1, 0.15) is 6.42 Å². The van der Waals surface area contributed by atoms with Gasteiger partial charge in [-0.05, 0) is 43.4 Å². The molecule has 3 atom stereocenters. The van der Waals surface area contributed by atoms with Crippen LogP contribution < -0.4 is 10.1 Å². The van der Waals surface area contributed by atoms with Crippen LogP contribution in [0.2, 0.25) is 5.02 Å². The van der Waals surface area contributed by atoms with Crippen molar-refractivity contribution in [2.24, 2.45) is 0 Å². The van der Waals surface area contributed by atoms with Crippen molar-refractivity contribution in [2.45, 2.75) is 24.7 Å². The maximum absolute atomic E-state index is 12.0.